The molecule has 1 saturated heterocycles. The number of aliphatic hydroxyl groups is 1. The maximum atomic E-state index is 10.3. The Balaban J connectivity index is 2.03. The van der Waals surface area contributed by atoms with Crippen LogP contribution in [-0.4, -0.2) is 34.7 Å². The summed E-state index contributed by atoms with van der Waals surface area (Å²) in [5.74, 6) is 0.734. The molecule has 0 aromatic heterocycles. The Kier molecular flexibility index (Phi) is 4.26. The molecule has 0 aromatic rings. The smallest absolute Gasteiger partial charge is 0.0695 e. The molecule has 2 rings (SSSR count). The summed E-state index contributed by atoms with van der Waals surface area (Å²) in [7, 11) is 0. The summed E-state index contributed by atoms with van der Waals surface area (Å²) in [6.07, 6.45) is 8.67. The average molecular weight is 225 g/mol. The van der Waals surface area contributed by atoms with Crippen LogP contribution in [0.25, 0.3) is 0 Å². The highest BCUT2D eigenvalue weighted by atomic mass is 16.3. The second-order valence-electron chi connectivity index (χ2n) is 5.96. The Bertz CT molecular complexity index is 217. The standard InChI is InChI=1S/C14H27NO/c1-11(2)12-8-6-10-15(12)13-7-4-3-5-9-14(13)16/h11-14,16H,3-10H2,1-2H3. The van der Waals surface area contributed by atoms with Crippen LogP contribution in [0.1, 0.15) is 58.8 Å². The van der Waals surface area contributed by atoms with E-state index >= 15 is 0 Å². The molecule has 2 aliphatic rings. The van der Waals surface area contributed by atoms with Crippen molar-refractivity contribution in [1.82, 2.24) is 4.90 Å². The van der Waals surface area contributed by atoms with Crippen molar-refractivity contribution in [2.75, 3.05) is 6.54 Å². The number of rotatable bonds is 2. The van der Waals surface area contributed by atoms with Crippen LogP contribution in [0.15, 0.2) is 0 Å². The third-order valence-corrected chi connectivity index (χ3v) is 4.48. The Morgan fingerprint density at radius 3 is 2.50 bits per heavy atom. The van der Waals surface area contributed by atoms with Crippen molar-refractivity contribution in [3.05, 3.63) is 0 Å². The lowest BCUT2D eigenvalue weighted by molar-refractivity contribution is 0.0271. The first-order valence-corrected chi connectivity index (χ1v) is 7.14. The molecular formula is C14H27NO. The number of nitrogens with zero attached hydrogens (tertiary/aromatic N) is 1. The Morgan fingerprint density at radius 1 is 1.00 bits per heavy atom. The van der Waals surface area contributed by atoms with Gasteiger partial charge in [-0.05, 0) is 38.1 Å². The fourth-order valence-corrected chi connectivity index (χ4v) is 3.60. The van der Waals surface area contributed by atoms with Gasteiger partial charge in [-0.3, -0.25) is 4.90 Å². The molecule has 1 aliphatic carbocycles. The molecule has 2 nitrogen and oxygen atoms in total. The molecule has 0 bridgehead atoms. The second-order valence-corrected chi connectivity index (χ2v) is 5.96. The summed E-state index contributed by atoms with van der Waals surface area (Å²) in [6.45, 7) is 5.86. The maximum absolute atomic E-state index is 10.3. The molecule has 94 valence electrons. The predicted molar refractivity (Wildman–Crippen MR) is 67.4 cm³/mol. The largest absolute Gasteiger partial charge is 0.391 e. The first kappa shape index (κ1) is 12.4. The zero-order valence-corrected chi connectivity index (χ0v) is 10.9. The van der Waals surface area contributed by atoms with Gasteiger partial charge in [-0.1, -0.05) is 33.1 Å². The third kappa shape index (κ3) is 2.60. The topological polar surface area (TPSA) is 23.5 Å². The molecule has 2 fully saturated rings. The van der Waals surface area contributed by atoms with Crippen molar-refractivity contribution in [2.45, 2.75) is 77.0 Å². The van der Waals surface area contributed by atoms with Crippen LogP contribution in [-0.2, 0) is 0 Å². The molecule has 0 amide bonds. The van der Waals surface area contributed by atoms with Gasteiger partial charge in [-0.15, -0.1) is 0 Å². The van der Waals surface area contributed by atoms with Crippen LogP contribution in [0.4, 0.5) is 0 Å². The summed E-state index contributed by atoms with van der Waals surface area (Å²) < 4.78 is 0. The predicted octanol–water partition coefficient (Wildman–Crippen LogP) is 2.80. The van der Waals surface area contributed by atoms with Gasteiger partial charge < -0.3 is 5.11 Å². The van der Waals surface area contributed by atoms with Crippen LogP contribution in [0.5, 0.6) is 0 Å². The number of likely N-dealkylation sites (tertiary alicyclic amines) is 1. The van der Waals surface area contributed by atoms with Crippen molar-refractivity contribution in [1.29, 1.82) is 0 Å². The quantitative estimate of drug-likeness (QED) is 0.731. The zero-order chi connectivity index (χ0) is 11.5. The number of aliphatic hydroxyl groups excluding tert-OH is 1. The van der Waals surface area contributed by atoms with Crippen LogP contribution >= 0.6 is 0 Å². The van der Waals surface area contributed by atoms with E-state index in [1.807, 2.05) is 0 Å². The summed E-state index contributed by atoms with van der Waals surface area (Å²) in [4.78, 5) is 2.63. The second kappa shape index (κ2) is 5.50. The highest BCUT2D eigenvalue weighted by molar-refractivity contribution is 4.90. The van der Waals surface area contributed by atoms with Gasteiger partial charge in [-0.2, -0.15) is 0 Å². The van der Waals surface area contributed by atoms with E-state index < -0.39 is 0 Å². The lowest BCUT2D eigenvalue weighted by Gasteiger charge is -2.37. The first-order valence-electron chi connectivity index (χ1n) is 7.14. The van der Waals surface area contributed by atoms with Crippen molar-refractivity contribution in [3.63, 3.8) is 0 Å². The molecule has 1 heterocycles. The average Bonchev–Trinajstić information content (AvgIpc) is 2.63. The van der Waals surface area contributed by atoms with Gasteiger partial charge in [0.1, 0.15) is 0 Å². The first-order chi connectivity index (χ1) is 7.70. The molecule has 3 atom stereocenters. The molecule has 1 N–H and O–H groups in total. The molecule has 3 unspecified atom stereocenters. The van der Waals surface area contributed by atoms with Crippen LogP contribution in [0.3, 0.4) is 0 Å². The summed E-state index contributed by atoms with van der Waals surface area (Å²) in [6, 6.07) is 1.18. The highest BCUT2D eigenvalue weighted by Crippen LogP contribution is 2.31. The van der Waals surface area contributed by atoms with Gasteiger partial charge in [0, 0.05) is 12.1 Å². The van der Waals surface area contributed by atoms with Gasteiger partial charge in [0.05, 0.1) is 6.10 Å². The minimum absolute atomic E-state index is 0.0677. The SMILES string of the molecule is CC(C)C1CCCN1C1CCCCCC1O. The third-order valence-electron chi connectivity index (χ3n) is 4.48. The van der Waals surface area contributed by atoms with E-state index in [2.05, 4.69) is 18.7 Å². The van der Waals surface area contributed by atoms with Crippen LogP contribution in [0, 0.1) is 5.92 Å². The van der Waals surface area contributed by atoms with Crippen molar-refractivity contribution < 1.29 is 5.11 Å². The van der Waals surface area contributed by atoms with Gasteiger partial charge in [0.25, 0.3) is 0 Å². The van der Waals surface area contributed by atoms with Crippen LogP contribution in [0.2, 0.25) is 0 Å². The molecule has 2 heteroatoms. The van der Waals surface area contributed by atoms with Gasteiger partial charge in [-0.25, -0.2) is 0 Å². The van der Waals surface area contributed by atoms with Gasteiger partial charge in [0.15, 0.2) is 0 Å². The fraction of sp³-hybridized carbons (Fsp3) is 1.00. The van der Waals surface area contributed by atoms with Gasteiger partial charge in [0.2, 0.25) is 0 Å². The molecular weight excluding hydrogens is 198 g/mol. The maximum Gasteiger partial charge on any atom is 0.0695 e. The minimum atomic E-state index is -0.0677. The van der Waals surface area contributed by atoms with Crippen molar-refractivity contribution in [3.8, 4) is 0 Å². The van der Waals surface area contributed by atoms with Crippen molar-refractivity contribution in [2.24, 2.45) is 5.92 Å². The molecule has 0 spiro atoms. The molecule has 0 radical (unpaired) electrons. The number of hydrogen-bond acceptors (Lipinski definition) is 2. The summed E-state index contributed by atoms with van der Waals surface area (Å²) in [5, 5.41) is 10.3. The van der Waals surface area contributed by atoms with Crippen LogP contribution < -0.4 is 0 Å². The Morgan fingerprint density at radius 2 is 1.75 bits per heavy atom. The molecule has 1 saturated carbocycles. The lowest BCUT2D eigenvalue weighted by atomic mass is 9.97. The van der Waals surface area contributed by atoms with E-state index in [9.17, 15) is 5.11 Å². The van der Waals surface area contributed by atoms with E-state index in [0.717, 1.165) is 18.4 Å². The van der Waals surface area contributed by atoms with E-state index in [4.69, 9.17) is 0 Å². The molecule has 1 aliphatic heterocycles. The highest BCUT2D eigenvalue weighted by Gasteiger charge is 2.36. The van der Waals surface area contributed by atoms with Crippen molar-refractivity contribution >= 4 is 0 Å². The monoisotopic (exact) mass is 225 g/mol. The fourth-order valence-electron chi connectivity index (χ4n) is 3.60. The Hall–Kier alpha value is -0.0800. The Labute approximate surface area is 100 Å². The zero-order valence-electron chi connectivity index (χ0n) is 10.9. The summed E-state index contributed by atoms with van der Waals surface area (Å²) >= 11 is 0. The van der Waals surface area contributed by atoms with E-state index in [-0.39, 0.29) is 6.10 Å². The molecule has 0 aromatic carbocycles. The van der Waals surface area contributed by atoms with E-state index in [0.29, 0.717) is 6.04 Å². The normalized spacial score (nSPS) is 37.9. The van der Waals surface area contributed by atoms with E-state index in [1.165, 1.54) is 45.1 Å². The minimum Gasteiger partial charge on any atom is -0.391 e. The van der Waals surface area contributed by atoms with Gasteiger partial charge >= 0.3 is 0 Å². The summed E-state index contributed by atoms with van der Waals surface area (Å²) in [5.41, 5.74) is 0. The number of hydrogen-bond donors (Lipinski definition) is 1. The molecule has 16 heavy (non-hydrogen) atoms. The lowest BCUT2D eigenvalue weighted by Crippen LogP contribution is -2.47. The van der Waals surface area contributed by atoms with E-state index in [1.54, 1.807) is 0 Å².